The first-order valence-electron chi connectivity index (χ1n) is 6.25. The van der Waals surface area contributed by atoms with E-state index in [1.807, 2.05) is 6.07 Å². The van der Waals surface area contributed by atoms with E-state index in [9.17, 15) is 4.39 Å². The molecule has 1 aromatic rings. The van der Waals surface area contributed by atoms with E-state index < -0.39 is 0 Å². The zero-order chi connectivity index (χ0) is 12.3. The zero-order valence-electron chi connectivity index (χ0n) is 10.3. The quantitative estimate of drug-likeness (QED) is 0.744. The first kappa shape index (κ1) is 12.8. The van der Waals surface area contributed by atoms with E-state index in [-0.39, 0.29) is 5.82 Å². The molecule has 1 aromatic carbocycles. The van der Waals surface area contributed by atoms with E-state index in [1.54, 1.807) is 12.1 Å². The SMILES string of the molecule is Cc1ccc(F)cc1C1CCN(CCCCl)C1. The van der Waals surface area contributed by atoms with Crippen LogP contribution in [0.15, 0.2) is 18.2 Å². The first-order chi connectivity index (χ1) is 8.20. The van der Waals surface area contributed by atoms with Crippen molar-refractivity contribution in [3.05, 3.63) is 35.1 Å². The van der Waals surface area contributed by atoms with Gasteiger partial charge in [0.15, 0.2) is 0 Å². The second-order valence-corrected chi connectivity index (χ2v) is 5.21. The Morgan fingerprint density at radius 1 is 1.47 bits per heavy atom. The van der Waals surface area contributed by atoms with Crippen LogP contribution in [0.4, 0.5) is 4.39 Å². The predicted octanol–water partition coefficient (Wildman–Crippen LogP) is 3.55. The predicted molar refractivity (Wildman–Crippen MR) is 70.3 cm³/mol. The summed E-state index contributed by atoms with van der Waals surface area (Å²) in [6.45, 7) is 5.28. The molecule has 1 atom stereocenters. The van der Waals surface area contributed by atoms with Crippen LogP contribution in [0.3, 0.4) is 0 Å². The van der Waals surface area contributed by atoms with Gasteiger partial charge in [0.2, 0.25) is 0 Å². The van der Waals surface area contributed by atoms with E-state index in [2.05, 4.69) is 11.8 Å². The van der Waals surface area contributed by atoms with Crippen LogP contribution < -0.4 is 0 Å². The van der Waals surface area contributed by atoms with Crippen LogP contribution in [0, 0.1) is 12.7 Å². The van der Waals surface area contributed by atoms with Crippen LogP contribution in [-0.4, -0.2) is 30.4 Å². The van der Waals surface area contributed by atoms with Crippen molar-refractivity contribution in [3.8, 4) is 0 Å². The summed E-state index contributed by atoms with van der Waals surface area (Å²) in [6.07, 6.45) is 2.17. The van der Waals surface area contributed by atoms with Gasteiger partial charge in [-0.3, -0.25) is 0 Å². The number of aryl methyl sites for hydroxylation is 1. The second kappa shape index (κ2) is 5.83. The first-order valence-corrected chi connectivity index (χ1v) is 6.78. The Balaban J connectivity index is 2.02. The average Bonchev–Trinajstić information content (AvgIpc) is 2.78. The van der Waals surface area contributed by atoms with Gasteiger partial charge in [-0.05, 0) is 62.0 Å². The molecule has 1 heterocycles. The highest BCUT2D eigenvalue weighted by Crippen LogP contribution is 2.29. The van der Waals surface area contributed by atoms with Crippen molar-refractivity contribution < 1.29 is 4.39 Å². The summed E-state index contributed by atoms with van der Waals surface area (Å²) in [5, 5.41) is 0. The summed E-state index contributed by atoms with van der Waals surface area (Å²) in [4.78, 5) is 2.43. The molecular formula is C14H19ClFN. The minimum absolute atomic E-state index is 0.121. The molecule has 1 nitrogen and oxygen atoms in total. The van der Waals surface area contributed by atoms with Gasteiger partial charge in [-0.2, -0.15) is 0 Å². The monoisotopic (exact) mass is 255 g/mol. The minimum atomic E-state index is -0.121. The maximum atomic E-state index is 13.3. The smallest absolute Gasteiger partial charge is 0.123 e. The third kappa shape index (κ3) is 3.20. The van der Waals surface area contributed by atoms with Crippen molar-refractivity contribution in [2.24, 2.45) is 0 Å². The molecule has 0 bridgehead atoms. The molecule has 0 aliphatic carbocycles. The number of rotatable bonds is 4. The number of alkyl halides is 1. The normalized spacial score (nSPS) is 21.0. The van der Waals surface area contributed by atoms with Crippen molar-refractivity contribution in [2.45, 2.75) is 25.7 Å². The van der Waals surface area contributed by atoms with E-state index in [4.69, 9.17) is 11.6 Å². The molecule has 1 aliphatic rings. The summed E-state index contributed by atoms with van der Waals surface area (Å²) >= 11 is 5.70. The van der Waals surface area contributed by atoms with Gasteiger partial charge >= 0.3 is 0 Å². The van der Waals surface area contributed by atoms with Gasteiger partial charge in [-0.1, -0.05) is 6.07 Å². The lowest BCUT2D eigenvalue weighted by Gasteiger charge is -2.16. The Morgan fingerprint density at radius 3 is 3.06 bits per heavy atom. The number of benzene rings is 1. The molecule has 2 rings (SSSR count). The Hall–Kier alpha value is -0.600. The van der Waals surface area contributed by atoms with E-state index in [0.29, 0.717) is 5.92 Å². The molecule has 0 radical (unpaired) electrons. The largest absolute Gasteiger partial charge is 0.303 e. The third-order valence-corrected chi connectivity index (χ3v) is 3.83. The van der Waals surface area contributed by atoms with Crippen molar-refractivity contribution in [1.82, 2.24) is 4.90 Å². The van der Waals surface area contributed by atoms with Crippen molar-refractivity contribution in [1.29, 1.82) is 0 Å². The van der Waals surface area contributed by atoms with Gasteiger partial charge < -0.3 is 4.90 Å². The molecule has 3 heteroatoms. The lowest BCUT2D eigenvalue weighted by atomic mass is 9.94. The molecule has 0 N–H and O–H groups in total. The Labute approximate surface area is 108 Å². The van der Waals surface area contributed by atoms with Crippen LogP contribution in [0.5, 0.6) is 0 Å². The summed E-state index contributed by atoms with van der Waals surface area (Å²) in [5.74, 6) is 1.09. The standard InChI is InChI=1S/C14H19ClFN/c1-11-3-4-13(16)9-14(11)12-5-8-17(10-12)7-2-6-15/h3-4,9,12H,2,5-8,10H2,1H3. The van der Waals surface area contributed by atoms with Crippen molar-refractivity contribution in [2.75, 3.05) is 25.5 Å². The summed E-state index contributed by atoms with van der Waals surface area (Å²) in [6, 6.07) is 5.12. The lowest BCUT2D eigenvalue weighted by Crippen LogP contribution is -2.22. The number of hydrogen-bond donors (Lipinski definition) is 0. The molecule has 17 heavy (non-hydrogen) atoms. The van der Waals surface area contributed by atoms with E-state index >= 15 is 0 Å². The summed E-state index contributed by atoms with van der Waals surface area (Å²) in [5.41, 5.74) is 2.38. The van der Waals surface area contributed by atoms with Crippen LogP contribution in [0.2, 0.25) is 0 Å². The van der Waals surface area contributed by atoms with E-state index in [0.717, 1.165) is 38.4 Å². The average molecular weight is 256 g/mol. The van der Waals surface area contributed by atoms with Crippen LogP contribution >= 0.6 is 11.6 Å². The van der Waals surface area contributed by atoms with Crippen LogP contribution in [0.1, 0.15) is 29.9 Å². The summed E-state index contributed by atoms with van der Waals surface area (Å²) < 4.78 is 13.3. The molecule has 1 aliphatic heterocycles. The molecule has 1 saturated heterocycles. The summed E-state index contributed by atoms with van der Waals surface area (Å²) in [7, 11) is 0. The fraction of sp³-hybridized carbons (Fsp3) is 0.571. The van der Waals surface area contributed by atoms with Gasteiger partial charge in [0.05, 0.1) is 0 Å². The molecule has 0 aromatic heterocycles. The number of likely N-dealkylation sites (tertiary alicyclic amines) is 1. The second-order valence-electron chi connectivity index (χ2n) is 4.83. The maximum Gasteiger partial charge on any atom is 0.123 e. The molecule has 0 spiro atoms. The molecular weight excluding hydrogens is 237 g/mol. The van der Waals surface area contributed by atoms with Gasteiger partial charge in [-0.15, -0.1) is 11.6 Å². The molecule has 1 unspecified atom stereocenters. The Morgan fingerprint density at radius 2 is 2.29 bits per heavy atom. The molecule has 0 saturated carbocycles. The fourth-order valence-electron chi connectivity index (χ4n) is 2.62. The van der Waals surface area contributed by atoms with Crippen molar-refractivity contribution >= 4 is 11.6 Å². The van der Waals surface area contributed by atoms with Gasteiger partial charge in [-0.25, -0.2) is 4.39 Å². The fourth-order valence-corrected chi connectivity index (χ4v) is 2.74. The highest BCUT2D eigenvalue weighted by Gasteiger charge is 2.24. The maximum absolute atomic E-state index is 13.3. The highest BCUT2D eigenvalue weighted by atomic mass is 35.5. The topological polar surface area (TPSA) is 3.24 Å². The van der Waals surface area contributed by atoms with E-state index in [1.165, 1.54) is 11.1 Å². The van der Waals surface area contributed by atoms with Crippen molar-refractivity contribution in [3.63, 3.8) is 0 Å². The number of nitrogens with zero attached hydrogens (tertiary/aromatic N) is 1. The van der Waals surface area contributed by atoms with Crippen LogP contribution in [-0.2, 0) is 0 Å². The van der Waals surface area contributed by atoms with Crippen LogP contribution in [0.25, 0.3) is 0 Å². The minimum Gasteiger partial charge on any atom is -0.303 e. The van der Waals surface area contributed by atoms with Gasteiger partial charge in [0.25, 0.3) is 0 Å². The molecule has 1 fully saturated rings. The number of halogens is 2. The molecule has 94 valence electrons. The highest BCUT2D eigenvalue weighted by molar-refractivity contribution is 6.17. The van der Waals surface area contributed by atoms with Gasteiger partial charge in [0.1, 0.15) is 5.82 Å². The zero-order valence-corrected chi connectivity index (χ0v) is 11.0. The Bertz CT molecular complexity index is 380. The third-order valence-electron chi connectivity index (χ3n) is 3.56. The molecule has 0 amide bonds. The lowest BCUT2D eigenvalue weighted by molar-refractivity contribution is 0.336. The van der Waals surface area contributed by atoms with Gasteiger partial charge in [0, 0.05) is 12.4 Å². The Kier molecular flexibility index (Phi) is 4.41. The number of hydrogen-bond acceptors (Lipinski definition) is 1.